The molecule has 0 aliphatic carbocycles. The van der Waals surface area contributed by atoms with Crippen molar-refractivity contribution >= 4 is 55.4 Å². The predicted octanol–water partition coefficient (Wildman–Crippen LogP) is 11.4. The van der Waals surface area contributed by atoms with Gasteiger partial charge in [-0.3, -0.25) is 0 Å². The van der Waals surface area contributed by atoms with Crippen LogP contribution in [-0.4, -0.2) is 14.1 Å². The van der Waals surface area contributed by atoms with Crippen LogP contribution < -0.4 is 0 Å². The van der Waals surface area contributed by atoms with E-state index in [0.717, 1.165) is 16.4 Å². The number of fused-ring (bicyclic) bond motifs is 6. The van der Waals surface area contributed by atoms with Crippen molar-refractivity contribution in [2.45, 2.75) is 16.8 Å². The van der Waals surface area contributed by atoms with Gasteiger partial charge in [-0.1, -0.05) is 109 Å². The largest absolute Gasteiger partial charge is 0.309 e. The summed E-state index contributed by atoms with van der Waals surface area (Å²) in [4.78, 5) is 6.15. The number of pyridine rings is 1. The number of aromatic nitrogens is 3. The fraction of sp³-hybridized carbons (Fsp3) is 0.0238. The second-order valence-corrected chi connectivity index (χ2v) is 12.8. The van der Waals surface area contributed by atoms with Gasteiger partial charge in [0.2, 0.25) is 0 Å². The number of para-hydroxylation sites is 3. The number of hydrogen-bond donors (Lipinski definition) is 0. The molecule has 0 bridgehead atoms. The van der Waals surface area contributed by atoms with Crippen LogP contribution in [0.4, 0.5) is 0 Å². The first-order chi connectivity index (χ1) is 22.7. The molecule has 0 spiro atoms. The van der Waals surface area contributed by atoms with Gasteiger partial charge in [0.05, 0.1) is 34.0 Å². The average molecular weight is 608 g/mol. The van der Waals surface area contributed by atoms with Crippen molar-refractivity contribution < 1.29 is 0 Å². The van der Waals surface area contributed by atoms with Gasteiger partial charge in [-0.15, -0.1) is 0 Å². The second kappa shape index (κ2) is 10.8. The van der Waals surface area contributed by atoms with E-state index in [-0.39, 0.29) is 0 Å². The highest BCUT2D eigenvalue weighted by atomic mass is 32.2. The molecule has 9 rings (SSSR count). The predicted molar refractivity (Wildman–Crippen MR) is 194 cm³/mol. The molecule has 4 heteroatoms. The summed E-state index contributed by atoms with van der Waals surface area (Å²) >= 11 is 1.71. The maximum absolute atomic E-state index is 4.93. The highest BCUT2D eigenvalue weighted by Crippen LogP contribution is 2.37. The van der Waals surface area contributed by atoms with Crippen molar-refractivity contribution in [2.24, 2.45) is 0 Å². The van der Waals surface area contributed by atoms with Gasteiger partial charge in [0.25, 0.3) is 0 Å². The third kappa shape index (κ3) is 4.33. The SMILES string of the molecule is Cc1cc(-c2ccccc2)ccc1Sc1ccc(-n2c3ccccc3c3cc(-n4c5ccccc5c5ccccc54)ccc32)cn1. The summed E-state index contributed by atoms with van der Waals surface area (Å²) in [6.07, 6.45) is 2.00. The van der Waals surface area contributed by atoms with Gasteiger partial charge in [-0.25, -0.2) is 4.98 Å². The van der Waals surface area contributed by atoms with Crippen LogP contribution in [0.1, 0.15) is 5.56 Å². The molecule has 0 amide bonds. The summed E-state index contributed by atoms with van der Waals surface area (Å²) in [5.74, 6) is 0. The molecule has 0 fully saturated rings. The maximum Gasteiger partial charge on any atom is 0.101 e. The maximum atomic E-state index is 4.93. The lowest BCUT2D eigenvalue weighted by atomic mass is 10.0. The van der Waals surface area contributed by atoms with Crippen LogP contribution >= 0.6 is 11.8 Å². The molecule has 0 N–H and O–H groups in total. The first-order valence-corrected chi connectivity index (χ1v) is 16.4. The minimum atomic E-state index is 0.980. The van der Waals surface area contributed by atoms with Gasteiger partial charge in [-0.2, -0.15) is 0 Å². The van der Waals surface area contributed by atoms with Gasteiger partial charge in [-0.05, 0) is 78.2 Å². The molecule has 0 saturated carbocycles. The lowest BCUT2D eigenvalue weighted by Crippen LogP contribution is -1.96. The summed E-state index contributed by atoms with van der Waals surface area (Å²) in [6.45, 7) is 2.18. The fourth-order valence-corrected chi connectivity index (χ4v) is 7.65. The number of nitrogens with zero attached hydrogens (tertiary/aromatic N) is 3. The van der Waals surface area contributed by atoms with Crippen molar-refractivity contribution in [3.8, 4) is 22.5 Å². The minimum Gasteiger partial charge on any atom is -0.309 e. The van der Waals surface area contributed by atoms with Crippen LogP contribution in [0.25, 0.3) is 66.1 Å². The van der Waals surface area contributed by atoms with Crippen molar-refractivity contribution in [1.82, 2.24) is 14.1 Å². The third-order valence-corrected chi connectivity index (χ3v) is 10.1. The number of rotatable bonds is 5. The molecule has 6 aromatic carbocycles. The lowest BCUT2D eigenvalue weighted by molar-refractivity contribution is 1.07. The van der Waals surface area contributed by atoms with E-state index in [1.807, 2.05) is 6.20 Å². The van der Waals surface area contributed by atoms with Crippen molar-refractivity contribution in [2.75, 3.05) is 0 Å². The molecular weight excluding hydrogens is 579 g/mol. The molecule has 3 nitrogen and oxygen atoms in total. The van der Waals surface area contributed by atoms with E-state index in [9.17, 15) is 0 Å². The van der Waals surface area contributed by atoms with E-state index in [1.165, 1.54) is 65.2 Å². The topological polar surface area (TPSA) is 22.8 Å². The molecule has 218 valence electrons. The van der Waals surface area contributed by atoms with E-state index in [0.29, 0.717) is 0 Å². The Balaban J connectivity index is 1.11. The van der Waals surface area contributed by atoms with Crippen LogP contribution in [0.3, 0.4) is 0 Å². The van der Waals surface area contributed by atoms with Crippen LogP contribution in [0.2, 0.25) is 0 Å². The normalized spacial score (nSPS) is 11.7. The minimum absolute atomic E-state index is 0.980. The fourth-order valence-electron chi connectivity index (χ4n) is 6.83. The molecule has 0 saturated heterocycles. The third-order valence-electron chi connectivity index (χ3n) is 8.97. The smallest absolute Gasteiger partial charge is 0.101 e. The zero-order valence-electron chi connectivity index (χ0n) is 25.3. The van der Waals surface area contributed by atoms with Gasteiger partial charge in [0.15, 0.2) is 0 Å². The Labute approximate surface area is 271 Å². The molecule has 0 atom stereocenters. The first kappa shape index (κ1) is 26.8. The van der Waals surface area contributed by atoms with Crippen LogP contribution in [-0.2, 0) is 0 Å². The Morgan fingerprint density at radius 3 is 1.65 bits per heavy atom. The second-order valence-electron chi connectivity index (χ2n) is 11.7. The van der Waals surface area contributed by atoms with E-state index >= 15 is 0 Å². The first-order valence-electron chi connectivity index (χ1n) is 15.5. The standard InChI is InChI=1S/C42H29N3S/c1-28-25-30(29-11-3-2-4-12-29)19-23-41(28)46-42-24-21-32(27-43-42)45-39-18-10-7-15-35(39)36-26-31(20-22-40(36)45)44-37-16-8-5-13-33(37)34-14-6-9-17-38(34)44/h2-27H,1H3. The van der Waals surface area contributed by atoms with Gasteiger partial charge < -0.3 is 9.13 Å². The number of benzene rings is 6. The van der Waals surface area contributed by atoms with Gasteiger partial charge in [0, 0.05) is 32.1 Å². The Morgan fingerprint density at radius 2 is 1.02 bits per heavy atom. The molecule has 3 heterocycles. The lowest BCUT2D eigenvalue weighted by Gasteiger charge is -2.11. The van der Waals surface area contributed by atoms with E-state index in [4.69, 9.17) is 4.98 Å². The summed E-state index contributed by atoms with van der Waals surface area (Å²) in [5.41, 5.74) is 10.7. The summed E-state index contributed by atoms with van der Waals surface area (Å²) in [7, 11) is 0. The summed E-state index contributed by atoms with van der Waals surface area (Å²) < 4.78 is 4.72. The number of aryl methyl sites for hydroxylation is 1. The Bertz CT molecular complexity index is 2500. The molecule has 46 heavy (non-hydrogen) atoms. The molecule has 3 aromatic heterocycles. The van der Waals surface area contributed by atoms with Gasteiger partial charge in [0.1, 0.15) is 5.03 Å². The molecule has 0 aliphatic heterocycles. The van der Waals surface area contributed by atoms with Crippen molar-refractivity contribution in [3.05, 3.63) is 163 Å². The number of hydrogen-bond acceptors (Lipinski definition) is 2. The highest BCUT2D eigenvalue weighted by molar-refractivity contribution is 7.99. The monoisotopic (exact) mass is 607 g/mol. The zero-order chi connectivity index (χ0) is 30.6. The molecular formula is C42H29N3S. The van der Waals surface area contributed by atoms with Crippen molar-refractivity contribution in [3.63, 3.8) is 0 Å². The molecule has 0 radical (unpaired) electrons. The Hall–Kier alpha value is -5.58. The summed E-state index contributed by atoms with van der Waals surface area (Å²) in [6, 6.07) is 54.4. The molecule has 9 aromatic rings. The van der Waals surface area contributed by atoms with Gasteiger partial charge >= 0.3 is 0 Å². The van der Waals surface area contributed by atoms with Crippen molar-refractivity contribution in [1.29, 1.82) is 0 Å². The summed E-state index contributed by atoms with van der Waals surface area (Å²) in [5, 5.41) is 5.97. The highest BCUT2D eigenvalue weighted by Gasteiger charge is 2.16. The van der Waals surface area contributed by atoms with E-state index in [2.05, 4.69) is 168 Å². The van der Waals surface area contributed by atoms with E-state index < -0.39 is 0 Å². The van der Waals surface area contributed by atoms with Crippen LogP contribution in [0, 0.1) is 6.92 Å². The Kier molecular flexibility index (Phi) is 6.29. The zero-order valence-corrected chi connectivity index (χ0v) is 26.1. The van der Waals surface area contributed by atoms with Crippen LogP contribution in [0.5, 0.6) is 0 Å². The van der Waals surface area contributed by atoms with E-state index in [1.54, 1.807) is 11.8 Å². The Morgan fingerprint density at radius 1 is 0.457 bits per heavy atom. The molecule has 0 aliphatic rings. The van der Waals surface area contributed by atoms with Crippen LogP contribution in [0.15, 0.2) is 168 Å². The average Bonchev–Trinajstić information content (AvgIpc) is 3.62. The quantitative estimate of drug-likeness (QED) is 0.194. The molecule has 0 unspecified atom stereocenters.